The summed E-state index contributed by atoms with van der Waals surface area (Å²) < 4.78 is 11.3. The van der Waals surface area contributed by atoms with E-state index in [0.29, 0.717) is 11.1 Å². The zero-order valence-electron chi connectivity index (χ0n) is 15.1. The van der Waals surface area contributed by atoms with Crippen molar-refractivity contribution in [3.63, 3.8) is 0 Å². The molecule has 5 rings (SSSR count). The highest BCUT2D eigenvalue weighted by Gasteiger charge is 2.13. The average Bonchev–Trinajstić information content (AvgIpc) is 3.07. The lowest BCUT2D eigenvalue weighted by molar-refractivity contribution is 0.534. The van der Waals surface area contributed by atoms with Crippen molar-refractivity contribution in [2.75, 3.05) is 31.1 Å². The number of piperazine rings is 1. The fourth-order valence-electron chi connectivity index (χ4n) is 3.76. The van der Waals surface area contributed by atoms with Crippen LogP contribution in [-0.4, -0.2) is 26.2 Å². The summed E-state index contributed by atoms with van der Waals surface area (Å²) in [5.41, 5.74) is 2.47. The van der Waals surface area contributed by atoms with Crippen molar-refractivity contribution in [3.8, 4) is 11.3 Å². The second kappa shape index (κ2) is 6.28. The van der Waals surface area contributed by atoms with Gasteiger partial charge in [-0.25, -0.2) is 4.79 Å². The van der Waals surface area contributed by atoms with E-state index in [1.165, 1.54) is 0 Å². The van der Waals surface area contributed by atoms with Crippen molar-refractivity contribution in [3.05, 3.63) is 64.7 Å². The minimum Gasteiger partial charge on any atom is -0.461 e. The van der Waals surface area contributed by atoms with Crippen LogP contribution in [0.25, 0.3) is 33.1 Å². The molecule has 0 amide bonds. The molecule has 136 valence electrons. The van der Waals surface area contributed by atoms with Crippen molar-refractivity contribution in [1.82, 2.24) is 5.32 Å². The van der Waals surface area contributed by atoms with E-state index in [1.54, 1.807) is 0 Å². The Hall–Kier alpha value is -3.05. The van der Waals surface area contributed by atoms with E-state index in [9.17, 15) is 4.79 Å². The predicted octanol–water partition coefficient (Wildman–Crippen LogP) is 3.92. The van der Waals surface area contributed by atoms with Gasteiger partial charge in [0.2, 0.25) is 0 Å². The van der Waals surface area contributed by atoms with E-state index in [2.05, 4.69) is 16.3 Å². The molecule has 0 bridgehead atoms. The molecular formula is C22H20N2O3. The summed E-state index contributed by atoms with van der Waals surface area (Å²) in [4.78, 5) is 14.9. The molecule has 5 nitrogen and oxygen atoms in total. The molecule has 0 aliphatic carbocycles. The molecular weight excluding hydrogens is 340 g/mol. The molecule has 0 atom stereocenters. The van der Waals surface area contributed by atoms with Gasteiger partial charge >= 0.3 is 5.63 Å². The van der Waals surface area contributed by atoms with Gasteiger partial charge in [0.15, 0.2) is 0 Å². The van der Waals surface area contributed by atoms with Crippen LogP contribution in [-0.2, 0) is 0 Å². The molecule has 0 unspecified atom stereocenters. The maximum atomic E-state index is 12.7. The van der Waals surface area contributed by atoms with E-state index >= 15 is 0 Å². The Morgan fingerprint density at radius 3 is 2.63 bits per heavy atom. The number of rotatable bonds is 2. The lowest BCUT2D eigenvalue weighted by Gasteiger charge is -2.29. The zero-order chi connectivity index (χ0) is 18.4. The Balaban J connectivity index is 1.58. The first-order valence-electron chi connectivity index (χ1n) is 9.21. The van der Waals surface area contributed by atoms with Crippen LogP contribution in [0, 0.1) is 6.92 Å². The number of anilines is 1. The second-order valence-corrected chi connectivity index (χ2v) is 7.02. The standard InChI is InChI=1S/C22H20N2O3/c1-14-10-17-11-16(3-5-20(17)26-14)21-12-15-2-4-18(13-19(15)22(25)27-21)24-8-6-23-7-9-24/h2-5,10-13,23H,6-9H2,1H3. The van der Waals surface area contributed by atoms with Crippen molar-refractivity contribution >= 4 is 27.4 Å². The SMILES string of the molecule is Cc1cc2cc(-c3cc4ccc(N5CCNCC5)cc4c(=O)o3)ccc2o1. The molecule has 1 fully saturated rings. The summed E-state index contributed by atoms with van der Waals surface area (Å²) in [5, 5.41) is 5.86. The van der Waals surface area contributed by atoms with E-state index in [4.69, 9.17) is 8.83 Å². The Bertz CT molecular complexity index is 1200. The number of aryl methyl sites for hydroxylation is 1. The van der Waals surface area contributed by atoms with Crippen molar-refractivity contribution in [1.29, 1.82) is 0 Å². The minimum atomic E-state index is -0.303. The Morgan fingerprint density at radius 2 is 1.78 bits per heavy atom. The monoisotopic (exact) mass is 360 g/mol. The topological polar surface area (TPSA) is 58.6 Å². The van der Waals surface area contributed by atoms with E-state index in [-0.39, 0.29) is 5.63 Å². The highest BCUT2D eigenvalue weighted by molar-refractivity contribution is 5.89. The first kappa shape index (κ1) is 16.1. The summed E-state index contributed by atoms with van der Waals surface area (Å²) in [5.74, 6) is 1.44. The third kappa shape index (κ3) is 2.90. The molecule has 3 heterocycles. The Labute approximate surface area is 156 Å². The lowest BCUT2D eigenvalue weighted by Crippen LogP contribution is -2.43. The van der Waals surface area contributed by atoms with Gasteiger partial charge in [0.1, 0.15) is 17.1 Å². The molecule has 1 aliphatic rings. The van der Waals surface area contributed by atoms with Crippen LogP contribution in [0.4, 0.5) is 5.69 Å². The minimum absolute atomic E-state index is 0.303. The highest BCUT2D eigenvalue weighted by atomic mass is 16.4. The van der Waals surface area contributed by atoms with Crippen LogP contribution in [0.15, 0.2) is 62.2 Å². The van der Waals surface area contributed by atoms with Gasteiger partial charge in [-0.1, -0.05) is 6.07 Å². The third-order valence-electron chi connectivity index (χ3n) is 5.15. The van der Waals surface area contributed by atoms with Crippen LogP contribution in [0.5, 0.6) is 0 Å². The van der Waals surface area contributed by atoms with Gasteiger partial charge in [0.25, 0.3) is 0 Å². The first-order chi connectivity index (χ1) is 13.2. The number of nitrogens with zero attached hydrogens (tertiary/aromatic N) is 1. The van der Waals surface area contributed by atoms with E-state index < -0.39 is 0 Å². The molecule has 5 heteroatoms. The quantitative estimate of drug-likeness (QED) is 0.587. The largest absolute Gasteiger partial charge is 0.461 e. The molecule has 0 saturated carbocycles. The number of benzene rings is 2. The summed E-state index contributed by atoms with van der Waals surface area (Å²) >= 11 is 0. The molecule has 27 heavy (non-hydrogen) atoms. The first-order valence-corrected chi connectivity index (χ1v) is 9.21. The van der Waals surface area contributed by atoms with Gasteiger partial charge in [0.05, 0.1) is 5.39 Å². The number of furan rings is 1. The molecule has 0 spiro atoms. The summed E-state index contributed by atoms with van der Waals surface area (Å²) in [7, 11) is 0. The second-order valence-electron chi connectivity index (χ2n) is 7.02. The molecule has 0 radical (unpaired) electrons. The van der Waals surface area contributed by atoms with Gasteiger partial charge in [-0.05, 0) is 54.8 Å². The maximum Gasteiger partial charge on any atom is 0.344 e. The smallest absolute Gasteiger partial charge is 0.344 e. The highest BCUT2D eigenvalue weighted by Crippen LogP contribution is 2.29. The van der Waals surface area contributed by atoms with Crippen molar-refractivity contribution < 1.29 is 8.83 Å². The number of fused-ring (bicyclic) bond motifs is 2. The van der Waals surface area contributed by atoms with Crippen LogP contribution >= 0.6 is 0 Å². The van der Waals surface area contributed by atoms with Crippen LogP contribution in [0.1, 0.15) is 5.76 Å². The average molecular weight is 360 g/mol. The van der Waals surface area contributed by atoms with E-state index in [1.807, 2.05) is 49.4 Å². The van der Waals surface area contributed by atoms with Gasteiger partial charge in [0, 0.05) is 42.8 Å². The maximum absolute atomic E-state index is 12.7. The van der Waals surface area contributed by atoms with Gasteiger partial charge in [-0.2, -0.15) is 0 Å². The van der Waals surface area contributed by atoms with Gasteiger partial charge in [-0.15, -0.1) is 0 Å². The molecule has 2 aromatic heterocycles. The van der Waals surface area contributed by atoms with Crippen LogP contribution < -0.4 is 15.8 Å². The normalized spacial score (nSPS) is 14.9. The molecule has 2 aromatic carbocycles. The molecule has 1 saturated heterocycles. The van der Waals surface area contributed by atoms with Crippen LogP contribution in [0.3, 0.4) is 0 Å². The number of hydrogen-bond acceptors (Lipinski definition) is 5. The van der Waals surface area contributed by atoms with Crippen LogP contribution in [0.2, 0.25) is 0 Å². The van der Waals surface area contributed by atoms with Gasteiger partial charge in [-0.3, -0.25) is 0 Å². The summed E-state index contributed by atoms with van der Waals surface area (Å²) in [6.07, 6.45) is 0. The molecule has 4 aromatic rings. The molecule has 1 aliphatic heterocycles. The van der Waals surface area contributed by atoms with E-state index in [0.717, 1.165) is 59.5 Å². The fraction of sp³-hybridized carbons (Fsp3) is 0.227. The number of hydrogen-bond donors (Lipinski definition) is 1. The van der Waals surface area contributed by atoms with Crippen molar-refractivity contribution in [2.45, 2.75) is 6.92 Å². The lowest BCUT2D eigenvalue weighted by atomic mass is 10.1. The number of nitrogens with one attached hydrogen (secondary N) is 1. The zero-order valence-corrected chi connectivity index (χ0v) is 15.1. The Morgan fingerprint density at radius 1 is 0.926 bits per heavy atom. The third-order valence-corrected chi connectivity index (χ3v) is 5.15. The predicted molar refractivity (Wildman–Crippen MR) is 108 cm³/mol. The fourth-order valence-corrected chi connectivity index (χ4v) is 3.76. The van der Waals surface area contributed by atoms with Crippen molar-refractivity contribution in [2.24, 2.45) is 0 Å². The summed E-state index contributed by atoms with van der Waals surface area (Å²) in [6, 6.07) is 15.8. The van der Waals surface area contributed by atoms with Gasteiger partial charge < -0.3 is 19.1 Å². The summed E-state index contributed by atoms with van der Waals surface area (Å²) in [6.45, 7) is 5.73. The Kier molecular flexibility index (Phi) is 3.76. The molecule has 1 N–H and O–H groups in total.